The molecule has 42 heavy (non-hydrogen) atoms. The Kier molecular flexibility index (Phi) is 11.4. The molecule has 1 heterocycles. The van der Waals surface area contributed by atoms with E-state index in [9.17, 15) is 0 Å². The Morgan fingerprint density at radius 2 is 1.05 bits per heavy atom. The fraction of sp³-hybridized carbons (Fsp3) is 0.447. The van der Waals surface area contributed by atoms with Gasteiger partial charge < -0.3 is 0 Å². The zero-order valence-electron chi connectivity index (χ0n) is 27.4. The molecule has 0 saturated carbocycles. The summed E-state index contributed by atoms with van der Waals surface area (Å²) in [5.41, 5.74) is 2.50. The summed E-state index contributed by atoms with van der Waals surface area (Å²) in [5, 5.41) is 10.3. The molecule has 0 aliphatic rings. The van der Waals surface area contributed by atoms with Gasteiger partial charge in [-0.25, -0.2) is 0 Å². The molecular weight excluding hydrogens is 631 g/mol. The van der Waals surface area contributed by atoms with Gasteiger partial charge in [0, 0.05) is 0 Å². The van der Waals surface area contributed by atoms with Crippen molar-refractivity contribution >= 4 is 45.7 Å². The number of hydrogen-bond donors (Lipinski definition) is 0. The molecule has 4 heteroatoms. The third-order valence-electron chi connectivity index (χ3n) is 9.50. The molecule has 0 aliphatic carbocycles. The topological polar surface area (TPSA) is 17.8 Å². The van der Waals surface area contributed by atoms with E-state index in [0.29, 0.717) is 0 Å². The van der Waals surface area contributed by atoms with Gasteiger partial charge in [0.1, 0.15) is 0 Å². The molecule has 4 aromatic rings. The molecule has 3 aromatic carbocycles. The summed E-state index contributed by atoms with van der Waals surface area (Å²) < 4.78 is 8.50. The summed E-state index contributed by atoms with van der Waals surface area (Å²) in [6.45, 7) is 17.1. The fourth-order valence-corrected chi connectivity index (χ4v) is 33.6. The molecule has 0 fully saturated rings. The number of aryl methyl sites for hydroxylation is 1. The summed E-state index contributed by atoms with van der Waals surface area (Å²) >= 11 is -3.07. The molecule has 0 aliphatic heterocycles. The molecule has 0 atom stereocenters. The van der Waals surface area contributed by atoms with E-state index in [1.54, 1.807) is 8.90 Å². The van der Waals surface area contributed by atoms with Crippen molar-refractivity contribution in [3.8, 4) is 5.69 Å². The number of benzene rings is 3. The summed E-state index contributed by atoms with van der Waals surface area (Å²) in [7, 11) is -2.58. The van der Waals surface area contributed by atoms with E-state index in [1.165, 1.54) is 73.6 Å². The number of para-hydroxylation sites is 1. The van der Waals surface area contributed by atoms with Crippen LogP contribution in [0.25, 0.3) is 5.69 Å². The van der Waals surface area contributed by atoms with Crippen LogP contribution >= 0.6 is 0 Å². The first-order valence-corrected chi connectivity index (χ1v) is 26.0. The van der Waals surface area contributed by atoms with Crippen LogP contribution in [0.5, 0.6) is 0 Å². The van der Waals surface area contributed by atoms with Crippen molar-refractivity contribution in [2.45, 2.75) is 105 Å². The quantitative estimate of drug-likeness (QED) is 0.122. The second-order valence-electron chi connectivity index (χ2n) is 13.4. The molecule has 224 valence electrons. The first-order chi connectivity index (χ1) is 20.3. The monoisotopic (exact) mass is 686 g/mol. The molecule has 0 bridgehead atoms. The van der Waals surface area contributed by atoms with Crippen molar-refractivity contribution in [3.63, 3.8) is 0 Å². The molecule has 0 N–H and O–H groups in total. The molecule has 2 nitrogen and oxygen atoms in total. The SMILES string of the molecule is CCC[CH2][Sn]([CH2]CCC)([CH2]CCC)[c]1c([Si](c2ccccc2)(c2ccccc2)C(C)(C)C)c(C)nn1-c1ccccc1. The standard InChI is InChI=1S/C26H27N2Si.3C4H9.Sn/c1-21-25(20-28(27-21)22-14-8-5-9-15-22)29(26(2,3)4,23-16-10-6-11-17-23)24-18-12-7-13-19-24;3*1-3-4-2;/h5-19H,1-4H3;3*1,3-4H2,2H3;. The molecule has 0 radical (unpaired) electrons. The summed E-state index contributed by atoms with van der Waals surface area (Å²) in [5.74, 6) is 0. The van der Waals surface area contributed by atoms with E-state index in [0.717, 1.165) is 0 Å². The Bertz CT molecular complexity index is 1310. The zero-order valence-corrected chi connectivity index (χ0v) is 31.3. The number of rotatable bonds is 14. The van der Waals surface area contributed by atoms with Gasteiger partial charge in [-0.15, -0.1) is 0 Å². The van der Waals surface area contributed by atoms with Gasteiger partial charge in [0.2, 0.25) is 0 Å². The molecular formula is C38H54N2SiSn. The van der Waals surface area contributed by atoms with Crippen LogP contribution in [0.15, 0.2) is 91.0 Å². The van der Waals surface area contributed by atoms with Gasteiger partial charge in [0.25, 0.3) is 0 Å². The maximum absolute atomic E-state index is 5.61. The van der Waals surface area contributed by atoms with E-state index in [-0.39, 0.29) is 5.04 Å². The minimum absolute atomic E-state index is 0.0393. The summed E-state index contributed by atoms with van der Waals surface area (Å²) in [6.07, 6.45) is 7.81. The number of hydrogen-bond acceptors (Lipinski definition) is 1. The van der Waals surface area contributed by atoms with Crippen LogP contribution in [0, 0.1) is 6.92 Å². The molecule has 1 aromatic heterocycles. The van der Waals surface area contributed by atoms with Crippen molar-refractivity contribution in [1.82, 2.24) is 9.78 Å². The van der Waals surface area contributed by atoms with Crippen LogP contribution in [0.3, 0.4) is 0 Å². The van der Waals surface area contributed by atoms with Gasteiger partial charge in [0.05, 0.1) is 0 Å². The minimum atomic E-state index is -3.07. The van der Waals surface area contributed by atoms with Crippen LogP contribution in [0.2, 0.25) is 18.3 Å². The first-order valence-electron chi connectivity index (χ1n) is 16.5. The van der Waals surface area contributed by atoms with Crippen molar-refractivity contribution < 1.29 is 0 Å². The van der Waals surface area contributed by atoms with E-state index >= 15 is 0 Å². The zero-order chi connectivity index (χ0) is 30.2. The first kappa shape index (κ1) is 32.8. The number of nitrogens with zero attached hydrogens (tertiary/aromatic N) is 2. The van der Waals surface area contributed by atoms with Crippen LogP contribution in [0.1, 0.15) is 85.8 Å². The Morgan fingerprint density at radius 1 is 0.643 bits per heavy atom. The summed E-state index contributed by atoms with van der Waals surface area (Å²) in [6, 6.07) is 34.3. The van der Waals surface area contributed by atoms with E-state index in [2.05, 4.69) is 144 Å². The Hall–Kier alpha value is -2.11. The van der Waals surface area contributed by atoms with Gasteiger partial charge in [-0.1, -0.05) is 0 Å². The van der Waals surface area contributed by atoms with E-state index in [1.807, 2.05) is 0 Å². The maximum atomic E-state index is 5.61. The fourth-order valence-electron chi connectivity index (χ4n) is 7.57. The summed E-state index contributed by atoms with van der Waals surface area (Å²) in [4.78, 5) is 0. The average molecular weight is 686 g/mol. The Labute approximate surface area is 261 Å². The normalized spacial score (nSPS) is 12.5. The van der Waals surface area contributed by atoms with Gasteiger partial charge in [-0.05, 0) is 0 Å². The number of unbranched alkanes of at least 4 members (excludes halogenated alkanes) is 3. The molecule has 0 saturated heterocycles. The predicted octanol–water partition coefficient (Wildman–Crippen LogP) is 8.51. The van der Waals surface area contributed by atoms with E-state index in [4.69, 9.17) is 5.10 Å². The van der Waals surface area contributed by atoms with Gasteiger partial charge in [0.15, 0.2) is 0 Å². The Morgan fingerprint density at radius 3 is 1.43 bits per heavy atom. The molecule has 4 rings (SSSR count). The van der Waals surface area contributed by atoms with Crippen LogP contribution < -0.4 is 19.3 Å². The second kappa shape index (κ2) is 14.6. The van der Waals surface area contributed by atoms with Crippen LogP contribution in [-0.2, 0) is 0 Å². The molecule has 0 amide bonds. The van der Waals surface area contributed by atoms with Gasteiger partial charge in [-0.3, -0.25) is 0 Å². The van der Waals surface area contributed by atoms with Crippen LogP contribution in [-0.4, -0.2) is 36.2 Å². The van der Waals surface area contributed by atoms with Crippen molar-refractivity contribution in [1.29, 1.82) is 0 Å². The molecule has 0 spiro atoms. The molecule has 0 unspecified atom stereocenters. The van der Waals surface area contributed by atoms with Crippen molar-refractivity contribution in [3.05, 3.63) is 96.7 Å². The van der Waals surface area contributed by atoms with Gasteiger partial charge >= 0.3 is 263 Å². The van der Waals surface area contributed by atoms with E-state index < -0.39 is 26.5 Å². The van der Waals surface area contributed by atoms with Crippen molar-refractivity contribution in [2.75, 3.05) is 0 Å². The van der Waals surface area contributed by atoms with Crippen molar-refractivity contribution in [2.24, 2.45) is 0 Å². The Balaban J connectivity index is 2.25. The second-order valence-corrected chi connectivity index (χ2v) is 31.0. The predicted molar refractivity (Wildman–Crippen MR) is 190 cm³/mol. The third kappa shape index (κ3) is 6.38. The average Bonchev–Trinajstić information content (AvgIpc) is 3.36. The number of aromatic nitrogens is 2. The van der Waals surface area contributed by atoms with Crippen LogP contribution in [0.4, 0.5) is 0 Å². The van der Waals surface area contributed by atoms with Gasteiger partial charge in [-0.2, -0.15) is 0 Å². The third-order valence-corrected chi connectivity index (χ3v) is 31.6.